The second-order valence-corrected chi connectivity index (χ2v) is 8.40. The fraction of sp³-hybridized carbons (Fsp3) is 0.250. The molecule has 4 rings (SSSR count). The summed E-state index contributed by atoms with van der Waals surface area (Å²) in [7, 11) is -3.82. The van der Waals surface area contributed by atoms with Crippen LogP contribution in [0.2, 0.25) is 0 Å². The Morgan fingerprint density at radius 2 is 1.85 bits per heavy atom. The van der Waals surface area contributed by atoms with Gasteiger partial charge < -0.3 is 5.11 Å². The molecule has 0 spiro atoms. The van der Waals surface area contributed by atoms with E-state index in [0.717, 1.165) is 17.5 Å². The van der Waals surface area contributed by atoms with Gasteiger partial charge in [-0.25, -0.2) is 0 Å². The van der Waals surface area contributed by atoms with E-state index in [-0.39, 0.29) is 10.8 Å². The van der Waals surface area contributed by atoms with Crippen LogP contribution in [-0.4, -0.2) is 29.8 Å². The molecule has 0 atom stereocenters. The third-order valence-corrected chi connectivity index (χ3v) is 6.66. The first-order chi connectivity index (χ1) is 13.1. The van der Waals surface area contributed by atoms with E-state index in [0.29, 0.717) is 31.6 Å². The molecule has 2 aromatic carbocycles. The van der Waals surface area contributed by atoms with E-state index in [2.05, 4.69) is 5.10 Å². The predicted octanol–water partition coefficient (Wildman–Crippen LogP) is 2.97. The summed E-state index contributed by atoms with van der Waals surface area (Å²) in [5.41, 5.74) is 2.36. The topological polar surface area (TPSA) is 75.4 Å². The molecule has 2 heterocycles. The second-order valence-electron chi connectivity index (χ2n) is 6.59. The zero-order valence-corrected chi connectivity index (χ0v) is 15.6. The van der Waals surface area contributed by atoms with Crippen LogP contribution in [0.15, 0.2) is 65.8 Å². The smallest absolute Gasteiger partial charge is 0.281 e. The van der Waals surface area contributed by atoms with Crippen molar-refractivity contribution in [2.24, 2.45) is 0 Å². The number of aromatic hydroxyl groups is 1. The Balaban J connectivity index is 1.66. The number of phenolic OH excluding ortho intramolecular Hbond substituents is 1. The summed E-state index contributed by atoms with van der Waals surface area (Å²) < 4.78 is 29.5. The van der Waals surface area contributed by atoms with Crippen LogP contribution >= 0.6 is 0 Å². The fourth-order valence-electron chi connectivity index (χ4n) is 3.53. The number of rotatable bonds is 5. The number of nitrogens with zero attached hydrogens (tertiary/aromatic N) is 3. The van der Waals surface area contributed by atoms with Crippen molar-refractivity contribution in [2.45, 2.75) is 30.8 Å². The maximum atomic E-state index is 13.3. The standard InChI is InChI=1S/C20H21N3O3S/c24-18-10-4-8-17-9-5-14-23(20(17)18)27(25,26)19-11-13-21-22(19)15-12-16-6-2-1-3-7-16/h1-4,6-8,10-11,13,24H,5,9,12,14-15H2. The van der Waals surface area contributed by atoms with Gasteiger partial charge in [-0.05, 0) is 42.5 Å². The van der Waals surface area contributed by atoms with E-state index in [1.165, 1.54) is 27.3 Å². The lowest BCUT2D eigenvalue weighted by molar-refractivity contribution is 0.472. The van der Waals surface area contributed by atoms with E-state index in [1.807, 2.05) is 36.4 Å². The Labute approximate surface area is 158 Å². The van der Waals surface area contributed by atoms with Crippen molar-refractivity contribution in [2.75, 3.05) is 10.8 Å². The Kier molecular flexibility index (Phi) is 4.61. The van der Waals surface area contributed by atoms with Gasteiger partial charge in [0, 0.05) is 13.1 Å². The summed E-state index contributed by atoms with van der Waals surface area (Å²) in [5, 5.41) is 14.6. The van der Waals surface area contributed by atoms with Gasteiger partial charge in [0.1, 0.15) is 5.75 Å². The molecule has 0 radical (unpaired) electrons. The highest BCUT2D eigenvalue weighted by Crippen LogP contribution is 2.38. The summed E-state index contributed by atoms with van der Waals surface area (Å²) in [6.45, 7) is 0.809. The van der Waals surface area contributed by atoms with Crippen LogP contribution in [0.4, 0.5) is 5.69 Å². The van der Waals surface area contributed by atoms with E-state index in [1.54, 1.807) is 6.07 Å². The minimum absolute atomic E-state index is 0.00822. The van der Waals surface area contributed by atoms with Gasteiger partial charge in [0.2, 0.25) is 0 Å². The van der Waals surface area contributed by atoms with Crippen LogP contribution in [0.5, 0.6) is 5.75 Å². The van der Waals surface area contributed by atoms with E-state index < -0.39 is 10.0 Å². The number of hydrogen-bond acceptors (Lipinski definition) is 4. The Morgan fingerprint density at radius 3 is 2.67 bits per heavy atom. The van der Waals surface area contributed by atoms with Gasteiger partial charge in [0.15, 0.2) is 5.03 Å². The van der Waals surface area contributed by atoms with Crippen molar-refractivity contribution in [3.8, 4) is 5.75 Å². The number of fused-ring (bicyclic) bond motifs is 1. The highest BCUT2D eigenvalue weighted by atomic mass is 32.2. The van der Waals surface area contributed by atoms with Gasteiger partial charge in [0.25, 0.3) is 10.0 Å². The number of para-hydroxylation sites is 1. The molecule has 0 aliphatic carbocycles. The molecule has 0 amide bonds. The van der Waals surface area contributed by atoms with E-state index in [9.17, 15) is 13.5 Å². The van der Waals surface area contributed by atoms with E-state index in [4.69, 9.17) is 0 Å². The van der Waals surface area contributed by atoms with Gasteiger partial charge >= 0.3 is 0 Å². The quantitative estimate of drug-likeness (QED) is 0.735. The first kappa shape index (κ1) is 17.6. The Morgan fingerprint density at radius 1 is 1.04 bits per heavy atom. The van der Waals surface area contributed by atoms with Gasteiger partial charge in [-0.1, -0.05) is 42.5 Å². The van der Waals surface area contributed by atoms with Crippen molar-refractivity contribution in [1.82, 2.24) is 9.78 Å². The number of aromatic nitrogens is 2. The number of aryl methyl sites for hydroxylation is 3. The minimum atomic E-state index is -3.82. The second kappa shape index (κ2) is 7.08. The van der Waals surface area contributed by atoms with Crippen LogP contribution in [0.25, 0.3) is 0 Å². The average molecular weight is 383 g/mol. The zero-order chi connectivity index (χ0) is 18.9. The molecular formula is C20H21N3O3S. The van der Waals surface area contributed by atoms with Gasteiger partial charge in [-0.3, -0.25) is 8.99 Å². The van der Waals surface area contributed by atoms with Gasteiger partial charge in [-0.2, -0.15) is 13.5 Å². The van der Waals surface area contributed by atoms with Gasteiger partial charge in [-0.15, -0.1) is 0 Å². The number of anilines is 1. The summed E-state index contributed by atoms with van der Waals surface area (Å²) in [6.07, 6.45) is 3.66. The lowest BCUT2D eigenvalue weighted by Gasteiger charge is -2.31. The maximum absolute atomic E-state index is 13.3. The molecule has 3 aromatic rings. The molecule has 1 N–H and O–H groups in total. The molecule has 1 aliphatic rings. The summed E-state index contributed by atoms with van der Waals surface area (Å²) in [4.78, 5) is 0. The zero-order valence-electron chi connectivity index (χ0n) is 14.8. The van der Waals surface area contributed by atoms with Crippen LogP contribution in [0.1, 0.15) is 17.5 Å². The molecule has 0 unspecified atom stereocenters. The number of benzene rings is 2. The first-order valence-corrected chi connectivity index (χ1v) is 10.4. The Bertz CT molecular complexity index is 1050. The van der Waals surface area contributed by atoms with Crippen molar-refractivity contribution < 1.29 is 13.5 Å². The van der Waals surface area contributed by atoms with Crippen molar-refractivity contribution in [1.29, 1.82) is 0 Å². The van der Waals surface area contributed by atoms with Crippen LogP contribution in [0.3, 0.4) is 0 Å². The third kappa shape index (κ3) is 3.30. The molecule has 27 heavy (non-hydrogen) atoms. The lowest BCUT2D eigenvalue weighted by Crippen LogP contribution is -2.36. The summed E-state index contributed by atoms with van der Waals surface area (Å²) in [5.74, 6) is -0.00822. The highest BCUT2D eigenvalue weighted by molar-refractivity contribution is 7.92. The van der Waals surface area contributed by atoms with Gasteiger partial charge in [0.05, 0.1) is 11.9 Å². The molecule has 7 heteroatoms. The van der Waals surface area contributed by atoms with Crippen LogP contribution in [0, 0.1) is 0 Å². The summed E-state index contributed by atoms with van der Waals surface area (Å²) >= 11 is 0. The molecular weight excluding hydrogens is 362 g/mol. The molecule has 0 bridgehead atoms. The van der Waals surface area contributed by atoms with Crippen molar-refractivity contribution in [3.05, 3.63) is 71.9 Å². The van der Waals surface area contributed by atoms with Crippen molar-refractivity contribution >= 4 is 15.7 Å². The molecule has 1 aliphatic heterocycles. The minimum Gasteiger partial charge on any atom is -0.506 e. The van der Waals surface area contributed by atoms with E-state index >= 15 is 0 Å². The molecule has 0 saturated heterocycles. The fourth-order valence-corrected chi connectivity index (χ4v) is 5.22. The predicted molar refractivity (Wildman–Crippen MR) is 103 cm³/mol. The highest BCUT2D eigenvalue weighted by Gasteiger charge is 2.33. The largest absolute Gasteiger partial charge is 0.506 e. The number of hydrogen-bond donors (Lipinski definition) is 1. The number of sulfonamides is 1. The van der Waals surface area contributed by atoms with Crippen molar-refractivity contribution in [3.63, 3.8) is 0 Å². The molecule has 1 aromatic heterocycles. The van der Waals surface area contributed by atoms with Crippen LogP contribution in [-0.2, 0) is 29.4 Å². The monoisotopic (exact) mass is 383 g/mol. The normalized spacial score (nSPS) is 14.1. The maximum Gasteiger partial charge on any atom is 0.281 e. The third-order valence-electron chi connectivity index (χ3n) is 4.84. The van der Waals surface area contributed by atoms with Crippen LogP contribution < -0.4 is 4.31 Å². The molecule has 0 saturated carbocycles. The molecule has 6 nitrogen and oxygen atoms in total. The number of phenols is 1. The molecule has 0 fully saturated rings. The SMILES string of the molecule is O=S(=O)(c1ccnn1CCc1ccccc1)N1CCCc2cccc(O)c21. The lowest BCUT2D eigenvalue weighted by atomic mass is 10.0. The molecule has 140 valence electrons. The average Bonchev–Trinajstić information content (AvgIpc) is 3.17. The Hall–Kier alpha value is -2.80. The first-order valence-electron chi connectivity index (χ1n) is 8.97. The summed E-state index contributed by atoms with van der Waals surface area (Å²) in [6, 6.07) is 16.6.